The van der Waals surface area contributed by atoms with E-state index in [1.54, 1.807) is 12.1 Å². The quantitative estimate of drug-likeness (QED) is 0.730. The molecule has 0 aliphatic carbocycles. The molecule has 0 saturated heterocycles. The molecule has 0 unspecified atom stereocenters. The van der Waals surface area contributed by atoms with Crippen LogP contribution in [0.3, 0.4) is 0 Å². The molecule has 1 heterocycles. The Kier molecular flexibility index (Phi) is 3.79. The number of nitrogens with zero attached hydrogens (tertiary/aromatic N) is 1. The first-order chi connectivity index (χ1) is 10.6. The van der Waals surface area contributed by atoms with Crippen molar-refractivity contribution in [3.05, 3.63) is 76.1 Å². The molecule has 3 aromatic rings. The maximum atomic E-state index is 12.0. The highest BCUT2D eigenvalue weighted by Gasteiger charge is 2.01. The van der Waals surface area contributed by atoms with Gasteiger partial charge in [-0.25, -0.2) is 0 Å². The minimum absolute atomic E-state index is 0.0237. The Morgan fingerprint density at radius 3 is 2.41 bits per heavy atom. The summed E-state index contributed by atoms with van der Waals surface area (Å²) in [5.74, 6) is 0.556. The lowest BCUT2D eigenvalue weighted by Crippen LogP contribution is -2.07. The van der Waals surface area contributed by atoms with E-state index in [1.165, 1.54) is 6.07 Å². The standard InChI is InChI=1S/C19H17NO2/c1-20(2)15-10-7-14(8-11-15)9-12-16-13-18(21)17-5-3-4-6-19(17)22-16/h3-13H,1-2H3/b12-9+. The summed E-state index contributed by atoms with van der Waals surface area (Å²) in [4.78, 5) is 14.1. The fourth-order valence-corrected chi connectivity index (χ4v) is 2.27. The molecule has 0 radical (unpaired) electrons. The van der Waals surface area contributed by atoms with Gasteiger partial charge in [0.05, 0.1) is 5.39 Å². The molecule has 22 heavy (non-hydrogen) atoms. The molecular formula is C19H17NO2. The van der Waals surface area contributed by atoms with Gasteiger partial charge in [0, 0.05) is 25.8 Å². The first-order valence-corrected chi connectivity index (χ1v) is 7.12. The van der Waals surface area contributed by atoms with Crippen molar-refractivity contribution in [1.29, 1.82) is 0 Å². The van der Waals surface area contributed by atoms with Crippen LogP contribution in [0.15, 0.2) is 63.8 Å². The number of hydrogen-bond acceptors (Lipinski definition) is 3. The van der Waals surface area contributed by atoms with Crippen molar-refractivity contribution in [2.45, 2.75) is 0 Å². The Hall–Kier alpha value is -2.81. The first kappa shape index (κ1) is 14.1. The van der Waals surface area contributed by atoms with Crippen molar-refractivity contribution < 1.29 is 4.42 Å². The highest BCUT2D eigenvalue weighted by Crippen LogP contribution is 2.16. The van der Waals surface area contributed by atoms with Gasteiger partial charge < -0.3 is 9.32 Å². The van der Waals surface area contributed by atoms with Gasteiger partial charge >= 0.3 is 0 Å². The molecule has 110 valence electrons. The highest BCUT2D eigenvalue weighted by atomic mass is 16.3. The van der Waals surface area contributed by atoms with E-state index in [0.29, 0.717) is 16.7 Å². The van der Waals surface area contributed by atoms with Crippen LogP contribution in [-0.2, 0) is 0 Å². The highest BCUT2D eigenvalue weighted by molar-refractivity contribution is 5.78. The normalized spacial score (nSPS) is 11.2. The number of rotatable bonds is 3. The molecule has 3 heteroatoms. The lowest BCUT2D eigenvalue weighted by Gasteiger charge is -2.11. The van der Waals surface area contributed by atoms with E-state index >= 15 is 0 Å². The fourth-order valence-electron chi connectivity index (χ4n) is 2.27. The van der Waals surface area contributed by atoms with Crippen LogP contribution in [0.5, 0.6) is 0 Å². The smallest absolute Gasteiger partial charge is 0.193 e. The molecule has 0 aliphatic rings. The monoisotopic (exact) mass is 291 g/mol. The average molecular weight is 291 g/mol. The van der Waals surface area contributed by atoms with Gasteiger partial charge in [0.25, 0.3) is 0 Å². The summed E-state index contributed by atoms with van der Waals surface area (Å²) < 4.78 is 5.73. The molecule has 0 bridgehead atoms. The van der Waals surface area contributed by atoms with Gasteiger partial charge in [-0.05, 0) is 35.9 Å². The van der Waals surface area contributed by atoms with Crippen LogP contribution >= 0.6 is 0 Å². The maximum absolute atomic E-state index is 12.0. The zero-order valence-electron chi connectivity index (χ0n) is 12.6. The predicted octanol–water partition coefficient (Wildman–Crippen LogP) is 4.03. The summed E-state index contributed by atoms with van der Waals surface area (Å²) in [6, 6.07) is 17.0. The number of anilines is 1. The summed E-state index contributed by atoms with van der Waals surface area (Å²) in [6.07, 6.45) is 3.75. The molecule has 3 rings (SSSR count). The van der Waals surface area contributed by atoms with E-state index in [1.807, 2.05) is 50.5 Å². The van der Waals surface area contributed by atoms with Gasteiger partial charge in [0.2, 0.25) is 0 Å². The zero-order valence-corrected chi connectivity index (χ0v) is 12.6. The van der Waals surface area contributed by atoms with Crippen molar-refractivity contribution in [1.82, 2.24) is 0 Å². The fraction of sp³-hybridized carbons (Fsp3) is 0.105. The van der Waals surface area contributed by atoms with Gasteiger partial charge in [-0.2, -0.15) is 0 Å². The van der Waals surface area contributed by atoms with Crippen LogP contribution in [0.25, 0.3) is 23.1 Å². The summed E-state index contributed by atoms with van der Waals surface area (Å²) >= 11 is 0. The average Bonchev–Trinajstić information content (AvgIpc) is 2.53. The second-order valence-corrected chi connectivity index (χ2v) is 5.33. The van der Waals surface area contributed by atoms with Gasteiger partial charge in [0.1, 0.15) is 11.3 Å². The second kappa shape index (κ2) is 5.90. The maximum Gasteiger partial charge on any atom is 0.193 e. The van der Waals surface area contributed by atoms with Crippen LogP contribution in [0.4, 0.5) is 5.69 Å². The molecule has 2 aromatic carbocycles. The number of hydrogen-bond donors (Lipinski definition) is 0. The van der Waals surface area contributed by atoms with Crippen LogP contribution in [0, 0.1) is 0 Å². The number of fused-ring (bicyclic) bond motifs is 1. The van der Waals surface area contributed by atoms with E-state index < -0.39 is 0 Å². The molecule has 0 spiro atoms. The molecular weight excluding hydrogens is 274 g/mol. The van der Waals surface area contributed by atoms with Crippen LogP contribution in [0.2, 0.25) is 0 Å². The molecule has 0 aliphatic heterocycles. The summed E-state index contributed by atoms with van der Waals surface area (Å²) in [6.45, 7) is 0. The molecule has 0 amide bonds. The minimum atomic E-state index is -0.0237. The van der Waals surface area contributed by atoms with Gasteiger partial charge in [-0.15, -0.1) is 0 Å². The first-order valence-electron chi connectivity index (χ1n) is 7.12. The third kappa shape index (κ3) is 2.93. The largest absolute Gasteiger partial charge is 0.456 e. The number of para-hydroxylation sites is 1. The Morgan fingerprint density at radius 2 is 1.68 bits per heavy atom. The van der Waals surface area contributed by atoms with Crippen molar-refractivity contribution in [2.24, 2.45) is 0 Å². The summed E-state index contributed by atoms with van der Waals surface area (Å²) in [5.41, 5.74) is 2.79. The van der Waals surface area contributed by atoms with Gasteiger partial charge in [0.15, 0.2) is 5.43 Å². The lowest BCUT2D eigenvalue weighted by atomic mass is 10.1. The van der Waals surface area contributed by atoms with E-state index in [0.717, 1.165) is 11.3 Å². The predicted molar refractivity (Wildman–Crippen MR) is 92.2 cm³/mol. The molecule has 1 aromatic heterocycles. The molecule has 0 N–H and O–H groups in total. The number of benzene rings is 2. The Balaban J connectivity index is 1.90. The molecule has 0 atom stereocenters. The van der Waals surface area contributed by atoms with E-state index in [4.69, 9.17) is 4.42 Å². The van der Waals surface area contributed by atoms with Crippen LogP contribution < -0.4 is 10.3 Å². The van der Waals surface area contributed by atoms with Crippen molar-refractivity contribution in [3.63, 3.8) is 0 Å². The Morgan fingerprint density at radius 1 is 0.955 bits per heavy atom. The Labute approximate surface area is 129 Å². The summed E-state index contributed by atoms with van der Waals surface area (Å²) in [5, 5.41) is 0.606. The topological polar surface area (TPSA) is 33.5 Å². The second-order valence-electron chi connectivity index (χ2n) is 5.33. The lowest BCUT2D eigenvalue weighted by molar-refractivity contribution is 0.591. The zero-order chi connectivity index (χ0) is 15.5. The van der Waals surface area contributed by atoms with Gasteiger partial charge in [-0.3, -0.25) is 4.79 Å². The van der Waals surface area contributed by atoms with Gasteiger partial charge in [-0.1, -0.05) is 30.3 Å². The van der Waals surface area contributed by atoms with E-state index in [2.05, 4.69) is 17.0 Å². The summed E-state index contributed by atoms with van der Waals surface area (Å²) in [7, 11) is 4.02. The molecule has 0 saturated carbocycles. The van der Waals surface area contributed by atoms with E-state index in [-0.39, 0.29) is 5.43 Å². The Bertz CT molecular complexity index is 874. The SMILES string of the molecule is CN(C)c1ccc(/C=C/c2cc(=O)c3ccccc3o2)cc1. The third-order valence-electron chi connectivity index (χ3n) is 3.50. The third-order valence-corrected chi connectivity index (χ3v) is 3.50. The molecule has 3 nitrogen and oxygen atoms in total. The van der Waals surface area contributed by atoms with Crippen molar-refractivity contribution in [2.75, 3.05) is 19.0 Å². The minimum Gasteiger partial charge on any atom is -0.456 e. The van der Waals surface area contributed by atoms with E-state index in [9.17, 15) is 4.79 Å². The van der Waals surface area contributed by atoms with Crippen LogP contribution in [-0.4, -0.2) is 14.1 Å². The van der Waals surface area contributed by atoms with Crippen LogP contribution in [0.1, 0.15) is 11.3 Å². The van der Waals surface area contributed by atoms with Crippen molar-refractivity contribution in [3.8, 4) is 0 Å². The van der Waals surface area contributed by atoms with Crippen molar-refractivity contribution >= 4 is 28.8 Å². The molecule has 0 fully saturated rings.